The van der Waals surface area contributed by atoms with Crippen LogP contribution in [0.2, 0.25) is 0 Å². The highest BCUT2D eigenvalue weighted by atomic mass is 79.9. The molecule has 1 aromatic carbocycles. The lowest BCUT2D eigenvalue weighted by Crippen LogP contribution is -2.27. The number of amides is 1. The summed E-state index contributed by atoms with van der Waals surface area (Å²) in [5, 5.41) is 2.70. The smallest absolute Gasteiger partial charge is 0.412 e. The number of anilines is 1. The molecule has 0 bridgehead atoms. The summed E-state index contributed by atoms with van der Waals surface area (Å²) in [6.45, 7) is 12.6. The van der Waals surface area contributed by atoms with E-state index >= 15 is 0 Å². The van der Waals surface area contributed by atoms with Crippen LogP contribution in [0.15, 0.2) is 41.2 Å². The zero-order chi connectivity index (χ0) is 27.5. The molecular formula is C26H35BrN2O7. The van der Waals surface area contributed by atoms with Crippen molar-refractivity contribution in [3.63, 3.8) is 0 Å². The van der Waals surface area contributed by atoms with Gasteiger partial charge in [-0.1, -0.05) is 46.3 Å². The molecule has 0 saturated heterocycles. The summed E-state index contributed by atoms with van der Waals surface area (Å²) in [6.07, 6.45) is -0.922. The molecule has 2 rings (SSSR count). The topological polar surface area (TPSA) is 124 Å². The molecule has 36 heavy (non-hydrogen) atoms. The number of hydrogen-bond donors (Lipinski definition) is 2. The van der Waals surface area contributed by atoms with Gasteiger partial charge in [0.2, 0.25) is 0 Å². The number of carbonyl (C=O) groups excluding carboxylic acids is 3. The molecule has 198 valence electrons. The average Bonchev–Trinajstić information content (AvgIpc) is 2.73. The molecule has 1 heterocycles. The fraction of sp³-hybridized carbons (Fsp3) is 0.462. The third kappa shape index (κ3) is 13.1. The summed E-state index contributed by atoms with van der Waals surface area (Å²) in [5.41, 5.74) is 0.221. The lowest BCUT2D eigenvalue weighted by molar-refractivity contribution is -0.154. The van der Waals surface area contributed by atoms with E-state index in [0.717, 1.165) is 5.56 Å². The number of halogens is 1. The van der Waals surface area contributed by atoms with Gasteiger partial charge in [0, 0.05) is 5.69 Å². The van der Waals surface area contributed by atoms with E-state index in [1.165, 1.54) is 0 Å². The van der Waals surface area contributed by atoms with Crippen molar-refractivity contribution in [2.24, 2.45) is 0 Å². The van der Waals surface area contributed by atoms with E-state index in [-0.39, 0.29) is 35.6 Å². The molecular weight excluding hydrogens is 532 g/mol. The minimum absolute atomic E-state index is 0.0236. The van der Waals surface area contributed by atoms with Crippen LogP contribution >= 0.6 is 15.9 Å². The lowest BCUT2D eigenvalue weighted by atomic mass is 10.1. The maximum Gasteiger partial charge on any atom is 0.412 e. The Hall–Kier alpha value is -3.14. The summed E-state index contributed by atoms with van der Waals surface area (Å²) in [7, 11) is 0. The summed E-state index contributed by atoms with van der Waals surface area (Å²) in [4.78, 5) is 49.6. The Kier molecular flexibility index (Phi) is 11.9. The molecule has 0 saturated carbocycles. The third-order valence-corrected chi connectivity index (χ3v) is 4.43. The van der Waals surface area contributed by atoms with E-state index in [4.69, 9.17) is 14.2 Å². The van der Waals surface area contributed by atoms with Gasteiger partial charge in [-0.15, -0.1) is 0 Å². The van der Waals surface area contributed by atoms with Crippen LogP contribution in [0, 0.1) is 6.92 Å². The van der Waals surface area contributed by atoms with E-state index < -0.39 is 23.2 Å². The second-order valence-corrected chi connectivity index (χ2v) is 10.4. The number of esters is 2. The van der Waals surface area contributed by atoms with Crippen LogP contribution in [-0.4, -0.2) is 39.5 Å². The van der Waals surface area contributed by atoms with E-state index in [0.29, 0.717) is 11.3 Å². The van der Waals surface area contributed by atoms with Crippen molar-refractivity contribution in [1.29, 1.82) is 0 Å². The highest BCUT2D eigenvalue weighted by Crippen LogP contribution is 2.16. The Morgan fingerprint density at radius 2 is 1.50 bits per heavy atom. The van der Waals surface area contributed by atoms with Crippen molar-refractivity contribution in [2.75, 3.05) is 10.6 Å². The molecule has 0 atom stereocenters. The van der Waals surface area contributed by atoms with Crippen LogP contribution in [0.3, 0.4) is 0 Å². The Balaban J connectivity index is 0.000000613. The molecule has 2 N–H and O–H groups in total. The number of pyridine rings is 1. The van der Waals surface area contributed by atoms with Gasteiger partial charge in [0.25, 0.3) is 5.56 Å². The highest BCUT2D eigenvalue weighted by Gasteiger charge is 2.20. The van der Waals surface area contributed by atoms with Crippen molar-refractivity contribution >= 4 is 39.6 Å². The SMILES string of the molecule is CC(C)(C)OC(=O)CBr.Cc1cc(CC(=O)OC(C)(C)C)c(NC(=O)OCc2ccccc2)c(=O)[nH]1. The highest BCUT2D eigenvalue weighted by molar-refractivity contribution is 9.09. The Bertz CT molecular complexity index is 1080. The Morgan fingerprint density at radius 1 is 0.944 bits per heavy atom. The maximum atomic E-state index is 12.3. The molecule has 0 aliphatic carbocycles. The first kappa shape index (κ1) is 30.9. The molecule has 0 aliphatic heterocycles. The molecule has 10 heteroatoms. The average molecular weight is 567 g/mol. The van der Waals surface area contributed by atoms with Gasteiger partial charge >= 0.3 is 18.0 Å². The minimum atomic E-state index is -0.779. The number of rotatable bonds is 6. The van der Waals surface area contributed by atoms with Crippen LogP contribution in [0.1, 0.15) is 58.4 Å². The number of benzene rings is 1. The second-order valence-electron chi connectivity index (χ2n) is 9.85. The molecule has 1 aromatic heterocycles. The van der Waals surface area contributed by atoms with Gasteiger partial charge in [0.15, 0.2) is 0 Å². The van der Waals surface area contributed by atoms with Gasteiger partial charge in [-0.25, -0.2) is 4.79 Å². The van der Waals surface area contributed by atoms with Crippen LogP contribution in [0.25, 0.3) is 0 Å². The normalized spacial score (nSPS) is 11.0. The van der Waals surface area contributed by atoms with E-state index in [9.17, 15) is 19.2 Å². The minimum Gasteiger partial charge on any atom is -0.460 e. The van der Waals surface area contributed by atoms with Crippen LogP contribution in [0.4, 0.5) is 10.5 Å². The number of ether oxygens (including phenoxy) is 3. The lowest BCUT2D eigenvalue weighted by Gasteiger charge is -2.20. The number of carbonyl (C=O) groups is 3. The molecule has 1 amide bonds. The molecule has 0 aliphatic rings. The largest absolute Gasteiger partial charge is 0.460 e. The van der Waals surface area contributed by atoms with Crippen LogP contribution < -0.4 is 10.9 Å². The summed E-state index contributed by atoms with van der Waals surface area (Å²) in [5.74, 6) is -0.712. The molecule has 0 radical (unpaired) electrons. The van der Waals surface area contributed by atoms with Crippen LogP contribution in [0.5, 0.6) is 0 Å². The van der Waals surface area contributed by atoms with Gasteiger partial charge in [-0.2, -0.15) is 0 Å². The molecule has 0 fully saturated rings. The third-order valence-electron chi connectivity index (χ3n) is 3.97. The summed E-state index contributed by atoms with van der Waals surface area (Å²) < 4.78 is 15.3. The van der Waals surface area contributed by atoms with Crippen molar-refractivity contribution in [1.82, 2.24) is 4.98 Å². The van der Waals surface area contributed by atoms with E-state index in [1.807, 2.05) is 51.1 Å². The monoisotopic (exact) mass is 566 g/mol. The second kappa shape index (κ2) is 13.8. The van der Waals surface area contributed by atoms with Gasteiger partial charge in [-0.3, -0.25) is 19.7 Å². The van der Waals surface area contributed by atoms with Crippen molar-refractivity contribution in [3.8, 4) is 0 Å². The molecule has 0 spiro atoms. The Morgan fingerprint density at radius 3 is 2.00 bits per heavy atom. The number of hydrogen-bond acceptors (Lipinski definition) is 7. The number of aryl methyl sites for hydroxylation is 1. The fourth-order valence-electron chi connectivity index (χ4n) is 2.80. The first-order valence-electron chi connectivity index (χ1n) is 11.3. The predicted molar refractivity (Wildman–Crippen MR) is 141 cm³/mol. The van der Waals surface area contributed by atoms with Gasteiger partial charge in [0.05, 0.1) is 6.42 Å². The predicted octanol–water partition coefficient (Wildman–Crippen LogP) is 5.04. The quantitative estimate of drug-likeness (QED) is 0.285. The summed E-state index contributed by atoms with van der Waals surface area (Å²) in [6, 6.07) is 10.8. The number of nitrogens with one attached hydrogen (secondary N) is 2. The maximum absolute atomic E-state index is 12.3. The Labute approximate surface area is 220 Å². The number of alkyl halides is 1. The first-order chi connectivity index (χ1) is 16.6. The van der Waals surface area contributed by atoms with Gasteiger partial charge in [-0.05, 0) is 65.7 Å². The molecule has 9 nitrogen and oxygen atoms in total. The number of aromatic nitrogens is 1. The molecule has 0 unspecified atom stereocenters. The van der Waals surface area contributed by atoms with Crippen molar-refractivity contribution < 1.29 is 28.6 Å². The van der Waals surface area contributed by atoms with Crippen molar-refractivity contribution in [3.05, 3.63) is 63.6 Å². The van der Waals surface area contributed by atoms with Gasteiger partial charge in [0.1, 0.15) is 28.8 Å². The van der Waals surface area contributed by atoms with E-state index in [1.54, 1.807) is 33.8 Å². The number of H-pyrrole nitrogens is 1. The standard InChI is InChI=1S/C20H24N2O5.C6H11BrO2/c1-13-10-15(11-16(23)27-20(2,3)4)17(18(24)21-13)22-19(25)26-12-14-8-6-5-7-9-14;1-6(2,3)9-5(8)4-7/h5-10H,11-12H2,1-4H3,(H,21,24)(H,22,25);4H2,1-3H3. The van der Waals surface area contributed by atoms with Crippen molar-refractivity contribution in [2.45, 2.75) is 72.7 Å². The first-order valence-corrected chi connectivity index (χ1v) is 12.4. The number of aromatic amines is 1. The van der Waals surface area contributed by atoms with Gasteiger partial charge < -0.3 is 19.2 Å². The summed E-state index contributed by atoms with van der Waals surface area (Å²) >= 11 is 2.99. The van der Waals surface area contributed by atoms with E-state index in [2.05, 4.69) is 26.2 Å². The van der Waals surface area contributed by atoms with Crippen LogP contribution in [-0.2, 0) is 36.8 Å². The zero-order valence-corrected chi connectivity index (χ0v) is 23.4. The zero-order valence-electron chi connectivity index (χ0n) is 21.8. The fourth-order valence-corrected chi connectivity index (χ4v) is 2.91. The molecule has 2 aromatic rings.